The SMILES string of the molecule is O=[N+]([O-])c1cccc(CS(=O)(=O)N2CCN(S(=O)(=O)c3ccccc3)CC2)c1. The second kappa shape index (κ2) is 7.95. The maximum atomic E-state index is 12.7. The van der Waals surface area contributed by atoms with Gasteiger partial charge in [-0.05, 0) is 17.7 Å². The zero-order chi connectivity index (χ0) is 20.4. The van der Waals surface area contributed by atoms with Gasteiger partial charge in [-0.2, -0.15) is 8.61 Å². The van der Waals surface area contributed by atoms with E-state index in [1.54, 1.807) is 18.2 Å². The second-order valence-corrected chi connectivity index (χ2v) is 10.2. The third-order valence-corrected chi connectivity index (χ3v) is 8.21. The van der Waals surface area contributed by atoms with Gasteiger partial charge in [0.1, 0.15) is 0 Å². The van der Waals surface area contributed by atoms with Crippen molar-refractivity contribution in [3.8, 4) is 0 Å². The van der Waals surface area contributed by atoms with Gasteiger partial charge in [0.15, 0.2) is 0 Å². The van der Waals surface area contributed by atoms with Crippen LogP contribution in [0.2, 0.25) is 0 Å². The molecule has 1 heterocycles. The highest BCUT2D eigenvalue weighted by Crippen LogP contribution is 2.21. The van der Waals surface area contributed by atoms with Crippen LogP contribution in [0, 0.1) is 10.1 Å². The number of hydrogen-bond acceptors (Lipinski definition) is 6. The van der Waals surface area contributed by atoms with Crippen LogP contribution < -0.4 is 0 Å². The molecule has 0 bridgehead atoms. The van der Waals surface area contributed by atoms with Gasteiger partial charge in [0, 0.05) is 38.3 Å². The van der Waals surface area contributed by atoms with Crippen molar-refractivity contribution in [2.45, 2.75) is 10.6 Å². The molecule has 1 fully saturated rings. The highest BCUT2D eigenvalue weighted by molar-refractivity contribution is 7.89. The number of non-ortho nitro benzene ring substituents is 1. The van der Waals surface area contributed by atoms with Crippen LogP contribution in [0.3, 0.4) is 0 Å². The fraction of sp³-hybridized carbons (Fsp3) is 0.294. The lowest BCUT2D eigenvalue weighted by Gasteiger charge is -2.33. The Kier molecular flexibility index (Phi) is 5.79. The van der Waals surface area contributed by atoms with Gasteiger partial charge in [0.05, 0.1) is 15.6 Å². The molecule has 9 nitrogen and oxygen atoms in total. The Bertz CT molecular complexity index is 1060. The number of nitro groups is 1. The van der Waals surface area contributed by atoms with Crippen LogP contribution in [0.5, 0.6) is 0 Å². The van der Waals surface area contributed by atoms with Crippen LogP contribution in [0.25, 0.3) is 0 Å². The summed E-state index contributed by atoms with van der Waals surface area (Å²) >= 11 is 0. The Morgan fingerprint density at radius 3 is 2.07 bits per heavy atom. The van der Waals surface area contributed by atoms with Gasteiger partial charge in [-0.15, -0.1) is 0 Å². The largest absolute Gasteiger partial charge is 0.269 e. The Labute approximate surface area is 163 Å². The lowest BCUT2D eigenvalue weighted by molar-refractivity contribution is -0.384. The Morgan fingerprint density at radius 2 is 1.46 bits per heavy atom. The normalized spacial score (nSPS) is 16.7. The standard InChI is InChI=1S/C17H19N3O6S2/c21-20(22)16-6-4-5-15(13-16)14-27(23,24)18-9-11-19(12-10-18)28(25,26)17-7-2-1-3-8-17/h1-8,13H,9-12,14H2. The molecule has 0 aromatic heterocycles. The maximum Gasteiger partial charge on any atom is 0.269 e. The summed E-state index contributed by atoms with van der Waals surface area (Å²) in [6.07, 6.45) is 0. The van der Waals surface area contributed by atoms with E-state index >= 15 is 0 Å². The summed E-state index contributed by atoms with van der Waals surface area (Å²) in [6.45, 7) is 0.156. The molecule has 0 radical (unpaired) electrons. The first-order chi connectivity index (χ1) is 13.2. The van der Waals surface area contributed by atoms with Gasteiger partial charge in [0.2, 0.25) is 20.0 Å². The zero-order valence-corrected chi connectivity index (χ0v) is 16.5. The minimum atomic E-state index is -3.72. The first-order valence-electron chi connectivity index (χ1n) is 8.46. The highest BCUT2D eigenvalue weighted by atomic mass is 32.2. The van der Waals surface area contributed by atoms with Crippen LogP contribution in [0.1, 0.15) is 5.56 Å². The lowest BCUT2D eigenvalue weighted by atomic mass is 10.2. The second-order valence-electron chi connectivity index (χ2n) is 6.30. The Morgan fingerprint density at radius 1 is 0.857 bits per heavy atom. The molecule has 11 heteroatoms. The number of sulfonamides is 2. The van der Waals surface area contributed by atoms with E-state index in [0.717, 1.165) is 0 Å². The predicted molar refractivity (Wildman–Crippen MR) is 102 cm³/mol. The summed E-state index contributed by atoms with van der Waals surface area (Å²) in [5.41, 5.74) is 0.139. The van der Waals surface area contributed by atoms with Gasteiger partial charge in [-0.25, -0.2) is 16.8 Å². The summed E-state index contributed by atoms with van der Waals surface area (Å²) in [7, 11) is -7.39. The quantitative estimate of drug-likeness (QED) is 0.510. The lowest BCUT2D eigenvalue weighted by Crippen LogP contribution is -2.50. The molecule has 1 aliphatic rings. The average Bonchev–Trinajstić information content (AvgIpc) is 2.68. The van der Waals surface area contributed by atoms with E-state index in [1.807, 2.05) is 0 Å². The smallest absolute Gasteiger partial charge is 0.258 e. The summed E-state index contributed by atoms with van der Waals surface area (Å²) in [4.78, 5) is 10.4. The minimum Gasteiger partial charge on any atom is -0.258 e. The topological polar surface area (TPSA) is 118 Å². The van der Waals surface area contributed by atoms with Gasteiger partial charge in [0.25, 0.3) is 5.69 Å². The molecule has 0 saturated carbocycles. The third-order valence-electron chi connectivity index (χ3n) is 4.44. The number of rotatable bonds is 6. The first kappa shape index (κ1) is 20.4. The van der Waals surface area contributed by atoms with E-state index in [4.69, 9.17) is 0 Å². The Hall–Kier alpha value is -2.34. The van der Waals surface area contributed by atoms with E-state index < -0.39 is 25.0 Å². The van der Waals surface area contributed by atoms with Crippen molar-refractivity contribution in [1.29, 1.82) is 0 Å². The number of hydrogen-bond donors (Lipinski definition) is 0. The van der Waals surface area contributed by atoms with Crippen LogP contribution in [-0.4, -0.2) is 56.5 Å². The average molecular weight is 425 g/mol. The van der Waals surface area contributed by atoms with Crippen molar-refractivity contribution < 1.29 is 21.8 Å². The summed E-state index contributed by atoms with van der Waals surface area (Å²) in [5, 5.41) is 10.9. The molecule has 3 rings (SSSR count). The maximum absolute atomic E-state index is 12.7. The number of piperazine rings is 1. The number of benzene rings is 2. The molecule has 150 valence electrons. The molecule has 0 amide bonds. The van der Waals surface area contributed by atoms with E-state index in [1.165, 1.54) is 45.0 Å². The molecule has 0 unspecified atom stereocenters. The number of nitrogens with zero attached hydrogens (tertiary/aromatic N) is 3. The molecule has 0 atom stereocenters. The monoisotopic (exact) mass is 425 g/mol. The van der Waals surface area contributed by atoms with E-state index in [0.29, 0.717) is 5.56 Å². The van der Waals surface area contributed by atoms with Crippen LogP contribution >= 0.6 is 0 Å². The zero-order valence-electron chi connectivity index (χ0n) is 14.8. The van der Waals surface area contributed by atoms with Gasteiger partial charge in [-0.1, -0.05) is 30.3 Å². The molecular weight excluding hydrogens is 406 g/mol. The van der Waals surface area contributed by atoms with Crippen molar-refractivity contribution in [1.82, 2.24) is 8.61 Å². The van der Waals surface area contributed by atoms with E-state index in [9.17, 15) is 26.9 Å². The number of nitro benzene ring substituents is 1. The fourth-order valence-corrected chi connectivity index (χ4v) is 5.94. The van der Waals surface area contributed by atoms with Crippen molar-refractivity contribution >= 4 is 25.7 Å². The highest BCUT2D eigenvalue weighted by Gasteiger charge is 2.33. The van der Waals surface area contributed by atoms with Crippen LogP contribution in [0.15, 0.2) is 59.5 Å². The summed E-state index contributed by atoms with van der Waals surface area (Å²) in [6, 6.07) is 13.5. The van der Waals surface area contributed by atoms with Crippen molar-refractivity contribution in [2.75, 3.05) is 26.2 Å². The van der Waals surface area contributed by atoms with Crippen molar-refractivity contribution in [3.63, 3.8) is 0 Å². The predicted octanol–water partition coefficient (Wildman–Crippen LogP) is 1.43. The third kappa shape index (κ3) is 4.38. The molecule has 0 spiro atoms. The Balaban J connectivity index is 1.69. The van der Waals surface area contributed by atoms with Gasteiger partial charge >= 0.3 is 0 Å². The van der Waals surface area contributed by atoms with Gasteiger partial charge < -0.3 is 0 Å². The molecule has 1 aliphatic heterocycles. The molecular formula is C17H19N3O6S2. The van der Waals surface area contributed by atoms with E-state index in [2.05, 4.69) is 0 Å². The first-order valence-corrected chi connectivity index (χ1v) is 11.5. The summed E-state index contributed by atoms with van der Waals surface area (Å²) in [5.74, 6) is -0.375. The molecule has 0 N–H and O–H groups in total. The summed E-state index contributed by atoms with van der Waals surface area (Å²) < 4.78 is 53.1. The molecule has 2 aromatic rings. The minimum absolute atomic E-state index is 0.0311. The van der Waals surface area contributed by atoms with Crippen LogP contribution in [0.4, 0.5) is 5.69 Å². The molecule has 1 saturated heterocycles. The molecule has 2 aromatic carbocycles. The fourth-order valence-electron chi connectivity index (χ4n) is 2.99. The van der Waals surface area contributed by atoms with Crippen molar-refractivity contribution in [2.24, 2.45) is 0 Å². The van der Waals surface area contributed by atoms with Crippen molar-refractivity contribution in [3.05, 3.63) is 70.3 Å². The molecule has 0 aliphatic carbocycles. The van der Waals surface area contributed by atoms with Gasteiger partial charge in [-0.3, -0.25) is 10.1 Å². The molecule has 28 heavy (non-hydrogen) atoms. The van der Waals surface area contributed by atoms with Crippen LogP contribution in [-0.2, 0) is 25.8 Å². The van der Waals surface area contributed by atoms with E-state index in [-0.39, 0.29) is 42.5 Å².